The van der Waals surface area contributed by atoms with Gasteiger partial charge in [-0.15, -0.1) is 0 Å². The zero-order valence-electron chi connectivity index (χ0n) is 9.72. The Kier molecular flexibility index (Phi) is 5.85. The van der Waals surface area contributed by atoms with Crippen LogP contribution in [0.25, 0.3) is 0 Å². The van der Waals surface area contributed by atoms with Crippen molar-refractivity contribution in [3.05, 3.63) is 11.6 Å². The van der Waals surface area contributed by atoms with E-state index in [0.717, 1.165) is 6.92 Å². The van der Waals surface area contributed by atoms with Crippen molar-refractivity contribution in [1.82, 2.24) is 0 Å². The minimum absolute atomic E-state index is 0.643. The van der Waals surface area contributed by atoms with Gasteiger partial charge in [0, 0.05) is 0 Å². The smallest absolute Gasteiger partial charge is 0.400 e. The van der Waals surface area contributed by atoms with Gasteiger partial charge in [-0.2, -0.15) is 26.3 Å². The maximum Gasteiger partial charge on any atom is 0.400 e. The first-order valence-corrected chi connectivity index (χ1v) is 5.07. The summed E-state index contributed by atoms with van der Waals surface area (Å²) in [4.78, 5) is 10.5. The molecule has 0 radical (unpaired) electrons. The van der Waals surface area contributed by atoms with E-state index >= 15 is 0 Å². The fourth-order valence-electron chi connectivity index (χ4n) is 1.43. The van der Waals surface area contributed by atoms with Gasteiger partial charge in [0.15, 0.2) is 5.92 Å². The summed E-state index contributed by atoms with van der Waals surface area (Å²) in [5.41, 5.74) is -0.643. The lowest BCUT2D eigenvalue weighted by atomic mass is 9.93. The highest BCUT2D eigenvalue weighted by Crippen LogP contribution is 2.43. The average molecular weight is 294 g/mol. The maximum absolute atomic E-state index is 12.2. The number of aliphatic hydroxyl groups excluding tert-OH is 1. The quantitative estimate of drug-likeness (QED) is 0.605. The Morgan fingerprint density at radius 3 is 1.84 bits per heavy atom. The molecule has 0 spiro atoms. The molecule has 0 bridgehead atoms. The number of alkyl halides is 6. The first kappa shape index (κ1) is 17.8. The van der Waals surface area contributed by atoms with Crippen LogP contribution in [-0.4, -0.2) is 35.1 Å². The highest BCUT2D eigenvalue weighted by Gasteiger charge is 2.56. The number of hydrogen-bond donors (Lipinski definition) is 2. The summed E-state index contributed by atoms with van der Waals surface area (Å²) < 4.78 is 73.5. The Labute approximate surface area is 104 Å². The molecule has 0 aromatic heterocycles. The van der Waals surface area contributed by atoms with Crippen molar-refractivity contribution >= 4 is 5.97 Å². The lowest BCUT2D eigenvalue weighted by molar-refractivity contribution is -0.287. The zero-order valence-corrected chi connectivity index (χ0v) is 9.72. The Morgan fingerprint density at radius 1 is 1.16 bits per heavy atom. The molecule has 19 heavy (non-hydrogen) atoms. The summed E-state index contributed by atoms with van der Waals surface area (Å²) in [5.74, 6) is -6.42. The van der Waals surface area contributed by atoms with Crippen LogP contribution in [0.3, 0.4) is 0 Å². The molecule has 0 heterocycles. The first-order valence-electron chi connectivity index (χ1n) is 5.07. The van der Waals surface area contributed by atoms with E-state index in [2.05, 4.69) is 0 Å². The third-order valence-corrected chi connectivity index (χ3v) is 2.33. The number of aliphatic carboxylic acids is 1. The van der Waals surface area contributed by atoms with Crippen LogP contribution in [0.4, 0.5) is 26.3 Å². The van der Waals surface area contributed by atoms with Gasteiger partial charge < -0.3 is 10.2 Å². The SMILES string of the molecule is CC(C=C(CO)C(=O)O)CC(C(F)(F)F)C(F)(F)F. The summed E-state index contributed by atoms with van der Waals surface area (Å²) in [5, 5.41) is 17.1. The Bertz CT molecular complexity index is 330. The molecule has 1 atom stereocenters. The van der Waals surface area contributed by atoms with E-state index in [9.17, 15) is 31.1 Å². The molecule has 0 aliphatic carbocycles. The summed E-state index contributed by atoms with van der Waals surface area (Å²) in [6, 6.07) is 0. The normalized spacial score (nSPS) is 15.7. The fraction of sp³-hybridized carbons (Fsp3) is 0.700. The lowest BCUT2D eigenvalue weighted by Gasteiger charge is -2.24. The number of allylic oxidation sites excluding steroid dienone is 1. The van der Waals surface area contributed by atoms with Crippen molar-refractivity contribution in [1.29, 1.82) is 0 Å². The molecular formula is C10H12F6O3. The number of carbonyl (C=O) groups is 1. The molecule has 9 heteroatoms. The molecule has 0 saturated carbocycles. The second-order valence-electron chi connectivity index (χ2n) is 4.00. The van der Waals surface area contributed by atoms with Crippen LogP contribution in [0.1, 0.15) is 13.3 Å². The van der Waals surface area contributed by atoms with Crippen molar-refractivity contribution in [2.24, 2.45) is 11.8 Å². The van der Waals surface area contributed by atoms with Gasteiger partial charge in [-0.25, -0.2) is 4.79 Å². The van der Waals surface area contributed by atoms with Crippen LogP contribution in [-0.2, 0) is 4.79 Å². The number of carboxylic acid groups (broad SMARTS) is 1. The predicted octanol–water partition coefficient (Wildman–Crippen LogP) is 2.76. The van der Waals surface area contributed by atoms with Crippen molar-refractivity contribution < 1.29 is 41.4 Å². The number of rotatable bonds is 5. The molecule has 112 valence electrons. The predicted molar refractivity (Wildman–Crippen MR) is 52.2 cm³/mol. The van der Waals surface area contributed by atoms with E-state index in [1.807, 2.05) is 0 Å². The van der Waals surface area contributed by atoms with Gasteiger partial charge in [0.25, 0.3) is 0 Å². The number of carboxylic acids is 1. The zero-order chi connectivity index (χ0) is 15.4. The van der Waals surface area contributed by atoms with E-state index in [1.165, 1.54) is 0 Å². The highest BCUT2D eigenvalue weighted by molar-refractivity contribution is 5.86. The summed E-state index contributed by atoms with van der Waals surface area (Å²) in [7, 11) is 0. The molecule has 0 rings (SSSR count). The molecule has 2 N–H and O–H groups in total. The van der Waals surface area contributed by atoms with Gasteiger partial charge in [-0.05, 0) is 12.3 Å². The summed E-state index contributed by atoms with van der Waals surface area (Å²) in [6.07, 6.45) is -11.6. The van der Waals surface area contributed by atoms with Crippen LogP contribution in [0.15, 0.2) is 11.6 Å². The first-order chi connectivity index (χ1) is 8.39. The van der Waals surface area contributed by atoms with Gasteiger partial charge >= 0.3 is 18.3 Å². The molecule has 3 nitrogen and oxygen atoms in total. The second-order valence-corrected chi connectivity index (χ2v) is 4.00. The van der Waals surface area contributed by atoms with Crippen LogP contribution in [0, 0.1) is 11.8 Å². The van der Waals surface area contributed by atoms with Crippen LogP contribution in [0.2, 0.25) is 0 Å². The maximum atomic E-state index is 12.2. The van der Waals surface area contributed by atoms with E-state index in [0.29, 0.717) is 6.08 Å². The van der Waals surface area contributed by atoms with Gasteiger partial charge in [0.05, 0.1) is 12.2 Å². The monoisotopic (exact) mass is 294 g/mol. The molecule has 0 aliphatic heterocycles. The largest absolute Gasteiger partial charge is 0.478 e. The summed E-state index contributed by atoms with van der Waals surface area (Å²) in [6.45, 7) is 0.0471. The van der Waals surface area contributed by atoms with Gasteiger partial charge in [0.2, 0.25) is 0 Å². The number of aliphatic hydroxyl groups is 1. The van der Waals surface area contributed by atoms with Crippen LogP contribution < -0.4 is 0 Å². The summed E-state index contributed by atoms with van der Waals surface area (Å²) >= 11 is 0. The molecule has 1 unspecified atom stereocenters. The second kappa shape index (κ2) is 6.27. The van der Waals surface area contributed by atoms with Crippen LogP contribution in [0.5, 0.6) is 0 Å². The molecule has 0 saturated heterocycles. The van der Waals surface area contributed by atoms with Crippen molar-refractivity contribution in [2.75, 3.05) is 6.61 Å². The van der Waals surface area contributed by atoms with Crippen LogP contribution >= 0.6 is 0 Å². The van der Waals surface area contributed by atoms with Gasteiger partial charge in [-0.3, -0.25) is 0 Å². The average Bonchev–Trinajstić information content (AvgIpc) is 2.18. The molecule has 0 fully saturated rings. The van der Waals surface area contributed by atoms with Gasteiger partial charge in [-0.1, -0.05) is 13.0 Å². The minimum atomic E-state index is -5.46. The minimum Gasteiger partial charge on any atom is -0.478 e. The van der Waals surface area contributed by atoms with Crippen molar-refractivity contribution in [3.8, 4) is 0 Å². The lowest BCUT2D eigenvalue weighted by Crippen LogP contribution is -2.37. The third kappa shape index (κ3) is 5.95. The van der Waals surface area contributed by atoms with Crippen molar-refractivity contribution in [3.63, 3.8) is 0 Å². The Hall–Kier alpha value is -1.25. The van der Waals surface area contributed by atoms with Gasteiger partial charge in [0.1, 0.15) is 0 Å². The molecule has 0 aliphatic rings. The highest BCUT2D eigenvalue weighted by atomic mass is 19.4. The molecular weight excluding hydrogens is 282 g/mol. The molecule has 0 aromatic rings. The molecule has 0 aromatic carbocycles. The van der Waals surface area contributed by atoms with E-state index < -0.39 is 48.8 Å². The number of halogens is 6. The van der Waals surface area contributed by atoms with E-state index in [-0.39, 0.29) is 0 Å². The van der Waals surface area contributed by atoms with Crippen molar-refractivity contribution in [2.45, 2.75) is 25.7 Å². The topological polar surface area (TPSA) is 57.5 Å². The van der Waals surface area contributed by atoms with E-state index in [1.54, 1.807) is 0 Å². The third-order valence-electron chi connectivity index (χ3n) is 2.33. The van der Waals surface area contributed by atoms with E-state index in [4.69, 9.17) is 10.2 Å². The molecule has 0 amide bonds. The fourth-order valence-corrected chi connectivity index (χ4v) is 1.43. The Morgan fingerprint density at radius 2 is 1.58 bits per heavy atom. The number of hydrogen-bond acceptors (Lipinski definition) is 2. The standard InChI is InChI=1S/C10H12F6O3/c1-5(2-6(4-17)8(18)19)3-7(9(11,12)13)10(14,15)16/h2,5,7,17H,3-4H2,1H3,(H,18,19). The Balaban J connectivity index is 5.03.